The largest absolute Gasteiger partial charge is 0.333 e. The van der Waals surface area contributed by atoms with E-state index in [1.165, 1.54) is 4.67 Å². The quantitative estimate of drug-likeness (QED) is 0.771. The summed E-state index contributed by atoms with van der Waals surface area (Å²) in [5, 5.41) is 3.11. The number of hydrogen-bond acceptors (Lipinski definition) is 2. The average Bonchev–Trinajstić information content (AvgIpc) is 2.58. The molecule has 0 fully saturated rings. The Balaban J connectivity index is 0.000000505. The molecule has 0 amide bonds. The third-order valence-corrected chi connectivity index (χ3v) is 6.06. The number of nitrogens with one attached hydrogen (secondary N) is 1. The van der Waals surface area contributed by atoms with Gasteiger partial charge in [0.15, 0.2) is 0 Å². The van der Waals surface area contributed by atoms with E-state index >= 15 is 0 Å². The van der Waals surface area contributed by atoms with E-state index in [9.17, 15) is 9.46 Å². The van der Waals surface area contributed by atoms with Crippen molar-refractivity contribution in [2.45, 2.75) is 19.5 Å². The molecule has 2 aromatic carbocycles. The molecule has 0 spiro atoms. The summed E-state index contributed by atoms with van der Waals surface area (Å²) < 4.78 is 14.1. The summed E-state index contributed by atoms with van der Waals surface area (Å²) in [6, 6.07) is 18.9. The van der Waals surface area contributed by atoms with Gasteiger partial charge in [0.05, 0.1) is 5.66 Å². The van der Waals surface area contributed by atoms with E-state index in [1.54, 1.807) is 14.1 Å². The molecule has 0 radical (unpaired) electrons. The fourth-order valence-corrected chi connectivity index (χ4v) is 3.92. The third kappa shape index (κ3) is 5.88. The molecule has 0 heterocycles. The Labute approximate surface area is 146 Å². The molecule has 1 unspecified atom stereocenters. The van der Waals surface area contributed by atoms with Crippen LogP contribution in [0.5, 0.6) is 0 Å². The van der Waals surface area contributed by atoms with Gasteiger partial charge in [0.2, 0.25) is 0 Å². The van der Waals surface area contributed by atoms with Crippen LogP contribution in [0.2, 0.25) is 0 Å². The molecule has 0 saturated carbocycles. The zero-order valence-electron chi connectivity index (χ0n) is 15.0. The second-order valence-electron chi connectivity index (χ2n) is 5.62. The zero-order chi connectivity index (χ0) is 18.0. The van der Waals surface area contributed by atoms with Gasteiger partial charge in [-0.2, -0.15) is 0 Å². The van der Waals surface area contributed by atoms with Crippen LogP contribution in [0, 0.1) is 0 Å². The molecular formula is C19H29N2O2P. The fraction of sp³-hybridized carbons (Fsp3) is 0.368. The normalized spacial score (nSPS) is 13.3. The minimum absolute atomic E-state index is 0.523. The molecule has 0 saturated heterocycles. The summed E-state index contributed by atoms with van der Waals surface area (Å²) in [5.74, 6) is 0. The summed E-state index contributed by atoms with van der Waals surface area (Å²) in [4.78, 5) is 10.4. The van der Waals surface area contributed by atoms with Crippen molar-refractivity contribution < 1.29 is 9.46 Å². The smallest absolute Gasteiger partial charge is 0.281 e. The second kappa shape index (κ2) is 10.4. The molecule has 1 atom stereocenters. The molecule has 0 aromatic heterocycles. The number of rotatable bonds is 6. The Kier molecular flexibility index (Phi) is 8.94. The number of hydrogen-bond donors (Lipinski definition) is 2. The average molecular weight is 348 g/mol. The maximum atomic E-state index is 12.7. The zero-order valence-corrected chi connectivity index (χ0v) is 15.9. The summed E-state index contributed by atoms with van der Waals surface area (Å²) in [6.45, 7) is 6.39. The minimum atomic E-state index is -3.49. The standard InChI is InChI=1S/C15H18NO2P.C4H11N/c1-16(2)19(17,18)15(13-9-5-3-6-10-13)14-11-7-4-8-12-14;1-3-5-4-2/h3-12,15H,1-2H3,(H,17,18);5H,3-4H2,1-2H3. The number of benzene rings is 2. The Morgan fingerprint density at radius 1 is 0.917 bits per heavy atom. The van der Waals surface area contributed by atoms with Crippen LogP contribution >= 0.6 is 7.52 Å². The summed E-state index contributed by atoms with van der Waals surface area (Å²) in [5.41, 5.74) is 1.19. The van der Waals surface area contributed by atoms with Crippen LogP contribution in [0.25, 0.3) is 0 Å². The predicted octanol–water partition coefficient (Wildman–Crippen LogP) is 4.14. The lowest BCUT2D eigenvalue weighted by Crippen LogP contribution is -2.15. The van der Waals surface area contributed by atoms with E-state index in [0.717, 1.165) is 24.2 Å². The van der Waals surface area contributed by atoms with Crippen molar-refractivity contribution in [3.8, 4) is 0 Å². The van der Waals surface area contributed by atoms with Gasteiger partial charge in [-0.1, -0.05) is 74.5 Å². The molecule has 0 bridgehead atoms. The van der Waals surface area contributed by atoms with Crippen molar-refractivity contribution >= 4 is 7.52 Å². The Morgan fingerprint density at radius 3 is 1.54 bits per heavy atom. The molecule has 0 aliphatic rings. The van der Waals surface area contributed by atoms with Crippen LogP contribution < -0.4 is 5.32 Å². The maximum absolute atomic E-state index is 12.7. The lowest BCUT2D eigenvalue weighted by molar-refractivity contribution is 0.402. The van der Waals surface area contributed by atoms with Gasteiger partial charge in [-0.25, -0.2) is 4.67 Å². The van der Waals surface area contributed by atoms with Gasteiger partial charge in [-0.05, 0) is 38.3 Å². The highest BCUT2D eigenvalue weighted by Crippen LogP contribution is 2.59. The molecule has 0 aliphatic carbocycles. The van der Waals surface area contributed by atoms with Crippen molar-refractivity contribution in [3.63, 3.8) is 0 Å². The monoisotopic (exact) mass is 348 g/mol. The highest BCUT2D eigenvalue weighted by Gasteiger charge is 2.35. The molecule has 2 rings (SSSR count). The topological polar surface area (TPSA) is 52.6 Å². The van der Waals surface area contributed by atoms with E-state index < -0.39 is 13.2 Å². The molecule has 4 nitrogen and oxygen atoms in total. The van der Waals surface area contributed by atoms with Gasteiger partial charge in [0.1, 0.15) is 0 Å². The van der Waals surface area contributed by atoms with E-state index in [-0.39, 0.29) is 0 Å². The highest BCUT2D eigenvalue weighted by molar-refractivity contribution is 7.56. The highest BCUT2D eigenvalue weighted by atomic mass is 31.2. The molecule has 24 heavy (non-hydrogen) atoms. The molecule has 0 aliphatic heterocycles. The molecular weight excluding hydrogens is 319 g/mol. The van der Waals surface area contributed by atoms with Crippen molar-refractivity contribution in [1.82, 2.24) is 9.99 Å². The first-order valence-corrected chi connectivity index (χ1v) is 9.94. The van der Waals surface area contributed by atoms with E-state index in [1.807, 2.05) is 60.7 Å². The lowest BCUT2D eigenvalue weighted by atomic mass is 10.0. The Hall–Kier alpha value is -1.45. The molecule has 2 N–H and O–H groups in total. The molecule has 2 aromatic rings. The van der Waals surface area contributed by atoms with Crippen LogP contribution in [0.4, 0.5) is 0 Å². The molecule has 5 heteroatoms. The lowest BCUT2D eigenvalue weighted by Gasteiger charge is -2.28. The van der Waals surface area contributed by atoms with Gasteiger partial charge < -0.3 is 10.2 Å². The second-order valence-corrected chi connectivity index (χ2v) is 8.11. The predicted molar refractivity (Wildman–Crippen MR) is 102 cm³/mol. The Bertz CT molecular complexity index is 576. The van der Waals surface area contributed by atoms with Crippen molar-refractivity contribution in [3.05, 3.63) is 71.8 Å². The SMILES string of the molecule is CCNCC.CN(C)P(=O)(O)C(c1ccccc1)c1ccccc1. The van der Waals surface area contributed by atoms with Gasteiger partial charge in [-0.15, -0.1) is 0 Å². The minimum Gasteiger partial charge on any atom is -0.333 e. The van der Waals surface area contributed by atoms with Crippen molar-refractivity contribution in [2.24, 2.45) is 0 Å². The first-order valence-electron chi connectivity index (χ1n) is 8.26. The first-order chi connectivity index (χ1) is 11.4. The van der Waals surface area contributed by atoms with Crippen LogP contribution in [-0.4, -0.2) is 36.7 Å². The van der Waals surface area contributed by atoms with Crippen LogP contribution in [-0.2, 0) is 4.57 Å². The van der Waals surface area contributed by atoms with E-state index in [0.29, 0.717) is 0 Å². The fourth-order valence-electron chi connectivity index (χ4n) is 2.33. The van der Waals surface area contributed by atoms with Gasteiger partial charge in [0.25, 0.3) is 7.52 Å². The first kappa shape index (κ1) is 20.6. The maximum Gasteiger partial charge on any atom is 0.281 e. The van der Waals surface area contributed by atoms with Crippen molar-refractivity contribution in [1.29, 1.82) is 0 Å². The van der Waals surface area contributed by atoms with Gasteiger partial charge >= 0.3 is 0 Å². The van der Waals surface area contributed by atoms with Gasteiger partial charge in [0, 0.05) is 0 Å². The summed E-state index contributed by atoms with van der Waals surface area (Å²) in [7, 11) is -0.208. The van der Waals surface area contributed by atoms with E-state index in [2.05, 4.69) is 19.2 Å². The van der Waals surface area contributed by atoms with Crippen LogP contribution in [0.15, 0.2) is 60.7 Å². The Morgan fingerprint density at radius 2 is 1.29 bits per heavy atom. The van der Waals surface area contributed by atoms with Crippen LogP contribution in [0.1, 0.15) is 30.6 Å². The molecule has 132 valence electrons. The summed E-state index contributed by atoms with van der Waals surface area (Å²) in [6.07, 6.45) is 0. The van der Waals surface area contributed by atoms with Gasteiger partial charge in [-0.3, -0.25) is 4.57 Å². The van der Waals surface area contributed by atoms with Crippen LogP contribution in [0.3, 0.4) is 0 Å². The van der Waals surface area contributed by atoms with Crippen molar-refractivity contribution in [2.75, 3.05) is 27.2 Å². The number of nitrogens with zero attached hydrogens (tertiary/aromatic N) is 1. The third-order valence-electron chi connectivity index (χ3n) is 3.64. The summed E-state index contributed by atoms with van der Waals surface area (Å²) >= 11 is 0. The van der Waals surface area contributed by atoms with E-state index in [4.69, 9.17) is 0 Å².